The zero-order valence-electron chi connectivity index (χ0n) is 48.1. The summed E-state index contributed by atoms with van der Waals surface area (Å²) < 4.78 is 38.4. The largest absolute Gasteiger partial charge is 0.456 e. The van der Waals surface area contributed by atoms with E-state index >= 15 is 9.59 Å². The number of rotatable bonds is 25. The quantitative estimate of drug-likeness (QED) is 0.0237. The second kappa shape index (κ2) is 26.8. The Bertz CT molecular complexity index is 2670. The average molecular weight is 1170 g/mol. The number of halogens is 1. The molecular formula is C64H84BrNO14. The number of ether oxygens (including phenoxy) is 6. The molecule has 14 atom stereocenters. The molecule has 1 heterocycles. The number of nitrogens with one attached hydrogen (secondary N) is 1. The third-order valence-corrected chi connectivity index (χ3v) is 19.5. The summed E-state index contributed by atoms with van der Waals surface area (Å²) in [5.74, 6) is -6.24. The van der Waals surface area contributed by atoms with Gasteiger partial charge in [0.15, 0.2) is 23.6 Å². The van der Waals surface area contributed by atoms with Gasteiger partial charge in [-0.1, -0.05) is 175 Å². The van der Waals surface area contributed by atoms with Crippen molar-refractivity contribution >= 4 is 51.5 Å². The van der Waals surface area contributed by atoms with Gasteiger partial charge in [-0.25, -0.2) is 9.59 Å². The molecule has 3 aromatic rings. The molecule has 0 radical (unpaired) electrons. The van der Waals surface area contributed by atoms with Gasteiger partial charge in [0.2, 0.25) is 0 Å². The van der Waals surface area contributed by atoms with Crippen LogP contribution in [0.4, 0.5) is 0 Å². The third kappa shape index (κ3) is 13.0. The van der Waals surface area contributed by atoms with Crippen molar-refractivity contribution in [2.24, 2.45) is 22.7 Å². The van der Waals surface area contributed by atoms with Crippen LogP contribution in [0, 0.1) is 22.7 Å². The Kier molecular flexibility index (Phi) is 20.9. The summed E-state index contributed by atoms with van der Waals surface area (Å²) in [6.45, 7) is 14.5. The highest BCUT2D eigenvalue weighted by molar-refractivity contribution is 9.09. The molecule has 3 aliphatic carbocycles. The minimum atomic E-state index is -2.39. The number of hydrogen-bond acceptors (Lipinski definition) is 14. The molecule has 3 N–H and O–H groups in total. The van der Waals surface area contributed by atoms with Gasteiger partial charge in [0.05, 0.1) is 41.8 Å². The van der Waals surface area contributed by atoms with E-state index in [4.69, 9.17) is 28.4 Å². The van der Waals surface area contributed by atoms with Crippen LogP contribution in [-0.2, 0) is 47.6 Å². The number of hydrogen-bond donors (Lipinski definition) is 3. The summed E-state index contributed by atoms with van der Waals surface area (Å²) in [5.41, 5.74) is -6.64. The molecule has 436 valence electrons. The Balaban J connectivity index is 1.31. The summed E-state index contributed by atoms with van der Waals surface area (Å²) in [6.07, 6.45) is 2.42. The molecule has 7 rings (SSSR count). The molecule has 0 spiro atoms. The molecule has 3 fully saturated rings. The first kappa shape index (κ1) is 62.3. The van der Waals surface area contributed by atoms with Crippen molar-refractivity contribution in [1.29, 1.82) is 0 Å². The second-order valence-corrected chi connectivity index (χ2v) is 24.6. The number of alkyl halides is 1. The lowest BCUT2D eigenvalue weighted by atomic mass is 9.44. The number of fused-ring (bicyclic) bond motifs is 5. The van der Waals surface area contributed by atoms with Gasteiger partial charge in [-0.3, -0.25) is 19.2 Å². The first-order valence-corrected chi connectivity index (χ1v) is 29.8. The van der Waals surface area contributed by atoms with Crippen LogP contribution in [0.15, 0.2) is 102 Å². The number of amides is 1. The molecule has 80 heavy (non-hydrogen) atoms. The van der Waals surface area contributed by atoms with E-state index in [-0.39, 0.29) is 40.5 Å². The van der Waals surface area contributed by atoms with E-state index in [2.05, 4.69) is 35.1 Å². The topological polar surface area (TPSA) is 210 Å². The SMILES string of the molecule is CCCCCCCCCCCCC(C)C(Br)C(C)O[C@@H](C(=O)O[C@H]1C[C@@]2(O)[C@@H](OC(=O)c3ccccc3)[C@@H]3[C@]4(OC(C)=O)CO[C@@H]4C[C@H](O)[C@@]3(C)C(=O)[C@H](OC(C)=O)C(=C1C)C2(C)C)[C@@H](NC(=O)c1ccccc1)c1ccccc1. The smallest absolute Gasteiger partial charge is 0.338 e. The number of ketones is 1. The van der Waals surface area contributed by atoms with Crippen LogP contribution in [0.1, 0.15) is 178 Å². The lowest BCUT2D eigenvalue weighted by molar-refractivity contribution is -0.346. The molecule has 1 amide bonds. The lowest BCUT2D eigenvalue weighted by Crippen LogP contribution is -2.82. The molecular weight excluding hydrogens is 1090 g/mol. The van der Waals surface area contributed by atoms with Crippen LogP contribution in [0.25, 0.3) is 0 Å². The lowest BCUT2D eigenvalue weighted by Gasteiger charge is -2.67. The van der Waals surface area contributed by atoms with Crippen molar-refractivity contribution < 1.29 is 67.4 Å². The fourth-order valence-corrected chi connectivity index (χ4v) is 13.6. The first-order chi connectivity index (χ1) is 38.0. The summed E-state index contributed by atoms with van der Waals surface area (Å²) >= 11 is 3.95. The standard InChI is InChI=1S/C64H84BrNO14/c1-10-11-12-13-14-15-16-17-18-22-29-39(2)51(65)41(4)76-54(52(44-30-23-19-24-31-44)66-58(71)45-32-25-20-26-33-45)60(73)78-47-37-64(74)57(79-59(72)46-34-27-21-28-35-46)55-62(9,48(69)36-49-63(55,38-75-49)80-43(6)68)56(70)53(77-42(5)67)50(40(47)3)61(64,7)8/h19-21,23-28,30-35,39,41,47-49,51-55,57,69,74H,10-18,22,29,36-38H2,1-9H3,(H,66,71)/t39?,41?,47-,48-,49+,51?,52-,53+,54+,55-,57-,62+,63-,64+/m0/s1. The van der Waals surface area contributed by atoms with Gasteiger partial charge < -0.3 is 44.0 Å². The monoisotopic (exact) mass is 1170 g/mol. The van der Waals surface area contributed by atoms with Crippen molar-refractivity contribution in [3.63, 3.8) is 0 Å². The highest BCUT2D eigenvalue weighted by atomic mass is 79.9. The molecule has 3 unspecified atom stereocenters. The zero-order valence-corrected chi connectivity index (χ0v) is 49.7. The number of unbranched alkanes of at least 4 members (excludes halogenated alkanes) is 9. The van der Waals surface area contributed by atoms with Crippen LogP contribution in [0.2, 0.25) is 0 Å². The van der Waals surface area contributed by atoms with Crippen LogP contribution in [-0.4, -0.2) is 111 Å². The maximum absolute atomic E-state index is 15.9. The first-order valence-electron chi connectivity index (χ1n) is 28.8. The van der Waals surface area contributed by atoms with E-state index in [9.17, 15) is 29.4 Å². The van der Waals surface area contributed by atoms with E-state index < -0.39 is 119 Å². The van der Waals surface area contributed by atoms with E-state index in [0.29, 0.717) is 11.1 Å². The van der Waals surface area contributed by atoms with Gasteiger partial charge in [0.25, 0.3) is 5.91 Å². The Morgan fingerprint density at radius 1 is 0.775 bits per heavy atom. The Morgan fingerprint density at radius 2 is 1.34 bits per heavy atom. The third-order valence-electron chi connectivity index (χ3n) is 17.8. The van der Waals surface area contributed by atoms with E-state index in [1.807, 2.05) is 13.0 Å². The zero-order chi connectivity index (χ0) is 58.2. The van der Waals surface area contributed by atoms with Gasteiger partial charge in [-0.2, -0.15) is 0 Å². The number of carbonyl (C=O) groups excluding carboxylic acids is 6. The van der Waals surface area contributed by atoms with E-state index in [0.717, 1.165) is 32.6 Å². The number of carbonyl (C=O) groups is 6. The Morgan fingerprint density at radius 3 is 1.89 bits per heavy atom. The fourth-order valence-electron chi connectivity index (χ4n) is 13.2. The summed E-state index contributed by atoms with van der Waals surface area (Å²) in [7, 11) is 0. The molecule has 1 saturated heterocycles. The van der Waals surface area contributed by atoms with Gasteiger partial charge in [0, 0.05) is 42.5 Å². The summed E-state index contributed by atoms with van der Waals surface area (Å²) in [6, 6.07) is 24.3. The van der Waals surface area contributed by atoms with Crippen LogP contribution in [0.3, 0.4) is 0 Å². The number of benzene rings is 3. The average Bonchev–Trinajstić information content (AvgIpc) is 3.26. The number of aliphatic hydroxyl groups is 2. The molecule has 1 aliphatic heterocycles. The highest BCUT2D eigenvalue weighted by Gasteiger charge is 2.78. The minimum absolute atomic E-state index is 0.0505. The molecule has 2 saturated carbocycles. The molecule has 15 nitrogen and oxygen atoms in total. The maximum Gasteiger partial charge on any atom is 0.338 e. The van der Waals surface area contributed by atoms with Crippen molar-refractivity contribution in [3.8, 4) is 0 Å². The van der Waals surface area contributed by atoms with Gasteiger partial charge >= 0.3 is 23.9 Å². The Labute approximate surface area is 480 Å². The number of esters is 4. The minimum Gasteiger partial charge on any atom is -0.456 e. The maximum atomic E-state index is 15.9. The van der Waals surface area contributed by atoms with Crippen LogP contribution < -0.4 is 5.32 Å². The van der Waals surface area contributed by atoms with Gasteiger partial charge in [0.1, 0.15) is 23.9 Å². The van der Waals surface area contributed by atoms with Crippen molar-refractivity contribution in [2.75, 3.05) is 6.61 Å². The van der Waals surface area contributed by atoms with Crippen LogP contribution >= 0.6 is 15.9 Å². The predicted octanol–water partition coefficient (Wildman–Crippen LogP) is 10.9. The molecule has 4 aliphatic rings. The van der Waals surface area contributed by atoms with Gasteiger partial charge in [-0.15, -0.1) is 0 Å². The van der Waals surface area contributed by atoms with Crippen LogP contribution in [0.5, 0.6) is 0 Å². The number of aliphatic hydroxyl groups excluding tert-OH is 1. The predicted molar refractivity (Wildman–Crippen MR) is 304 cm³/mol. The Hall–Kier alpha value is -5.26. The number of Topliss-reactive ketones (excluding diaryl/α,β-unsaturated/α-hetero) is 1. The van der Waals surface area contributed by atoms with Gasteiger partial charge in [-0.05, 0) is 74.1 Å². The molecule has 2 bridgehead atoms. The van der Waals surface area contributed by atoms with E-state index in [1.165, 1.54) is 70.9 Å². The van der Waals surface area contributed by atoms with Crippen molar-refractivity contribution in [2.45, 2.75) is 211 Å². The summed E-state index contributed by atoms with van der Waals surface area (Å²) in [5, 5.41) is 29.6. The van der Waals surface area contributed by atoms with Crippen molar-refractivity contribution in [3.05, 3.63) is 119 Å². The van der Waals surface area contributed by atoms with E-state index in [1.54, 1.807) is 93.6 Å². The molecule has 3 aromatic carbocycles. The normalized spacial score (nSPS) is 28.6. The summed E-state index contributed by atoms with van der Waals surface area (Å²) in [4.78, 5) is 86.9. The van der Waals surface area contributed by atoms with Crippen molar-refractivity contribution in [1.82, 2.24) is 5.32 Å². The molecule has 16 heteroatoms. The molecule has 0 aromatic heterocycles. The highest BCUT2D eigenvalue weighted by Crippen LogP contribution is 2.64. The fraction of sp³-hybridized carbons (Fsp3) is 0.594. The second-order valence-electron chi connectivity index (χ2n) is 23.6.